The van der Waals surface area contributed by atoms with Crippen LogP contribution in [0.1, 0.15) is 29.0 Å². The van der Waals surface area contributed by atoms with Gasteiger partial charge in [0.1, 0.15) is 11.5 Å². The van der Waals surface area contributed by atoms with Crippen LogP contribution in [0, 0.1) is 0 Å². The molecule has 0 spiro atoms. The van der Waals surface area contributed by atoms with Gasteiger partial charge in [0, 0.05) is 38.4 Å². The van der Waals surface area contributed by atoms with E-state index < -0.39 is 0 Å². The highest BCUT2D eigenvalue weighted by Gasteiger charge is 2.36. The second kappa shape index (κ2) is 11.3. The molecule has 5 nitrogen and oxygen atoms in total. The minimum absolute atomic E-state index is 0.0909. The lowest BCUT2D eigenvalue weighted by molar-refractivity contribution is 0.426. The SMILES string of the molecule is C=NC(=NCc1cccc2c1C1CC=CC(n3c4ccccc4c4cc5c(cc43)c3ccccc3n5-c3ccccc3)=C1O2)c1ccccc1. The highest BCUT2D eigenvalue weighted by molar-refractivity contribution is 6.19. The van der Waals surface area contributed by atoms with Gasteiger partial charge in [-0.25, -0.2) is 4.99 Å². The molecule has 3 heterocycles. The Morgan fingerprint density at radius 2 is 1.30 bits per heavy atom. The van der Waals surface area contributed by atoms with Crippen LogP contribution in [-0.4, -0.2) is 21.7 Å². The first kappa shape index (κ1) is 28.5. The number of fused-ring (bicyclic) bond motifs is 9. The third-order valence-corrected chi connectivity index (χ3v) is 10.2. The minimum Gasteiger partial charge on any atom is -0.459 e. The van der Waals surface area contributed by atoms with Crippen LogP contribution in [0.2, 0.25) is 0 Å². The van der Waals surface area contributed by atoms with Gasteiger partial charge in [-0.2, -0.15) is 0 Å². The Morgan fingerprint density at radius 1 is 0.660 bits per heavy atom. The maximum atomic E-state index is 6.84. The first-order chi connectivity index (χ1) is 24.8. The fourth-order valence-electron chi connectivity index (χ4n) is 8.10. The van der Waals surface area contributed by atoms with E-state index in [-0.39, 0.29) is 5.92 Å². The monoisotopic (exact) mass is 644 g/mol. The Morgan fingerprint density at radius 3 is 2.02 bits per heavy atom. The number of aromatic nitrogens is 2. The molecule has 1 atom stereocenters. The van der Waals surface area contributed by atoms with Gasteiger partial charge < -0.3 is 13.9 Å². The summed E-state index contributed by atoms with van der Waals surface area (Å²) in [7, 11) is 0. The van der Waals surface area contributed by atoms with Crippen LogP contribution >= 0.6 is 0 Å². The first-order valence-electron chi connectivity index (χ1n) is 17.1. The highest BCUT2D eigenvalue weighted by Crippen LogP contribution is 2.50. The lowest BCUT2D eigenvalue weighted by Crippen LogP contribution is -2.10. The molecule has 2 aromatic heterocycles. The predicted octanol–water partition coefficient (Wildman–Crippen LogP) is 10.8. The molecule has 0 N–H and O–H groups in total. The van der Waals surface area contributed by atoms with Crippen molar-refractivity contribution in [1.29, 1.82) is 0 Å². The molecule has 1 unspecified atom stereocenters. The molecule has 0 bridgehead atoms. The molecule has 238 valence electrons. The van der Waals surface area contributed by atoms with E-state index >= 15 is 0 Å². The van der Waals surface area contributed by atoms with Crippen LogP contribution < -0.4 is 4.74 Å². The minimum atomic E-state index is 0.0909. The van der Waals surface area contributed by atoms with Crippen LogP contribution in [0.3, 0.4) is 0 Å². The summed E-state index contributed by atoms with van der Waals surface area (Å²) < 4.78 is 11.6. The van der Waals surface area contributed by atoms with Gasteiger partial charge in [-0.1, -0.05) is 103 Å². The van der Waals surface area contributed by atoms with Gasteiger partial charge in [0.05, 0.1) is 40.2 Å². The van der Waals surface area contributed by atoms with Crippen molar-refractivity contribution in [2.24, 2.45) is 9.98 Å². The number of para-hydroxylation sites is 3. The van der Waals surface area contributed by atoms with E-state index in [0.29, 0.717) is 12.4 Å². The van der Waals surface area contributed by atoms with Crippen LogP contribution in [0.4, 0.5) is 0 Å². The standard InChI is InChI=1S/C45H32N4O/c1-46-45(29-14-4-2-5-15-29)47-28-30-16-12-25-42-43(30)34-21-13-24-39(44(34)50-42)49-38-23-11-9-20-33(38)36-26-40-35(27-41(36)49)32-19-8-10-22-37(32)48(40)31-17-6-3-7-18-31/h2-20,22-27,34H,1,21,28H2. The van der Waals surface area contributed by atoms with Gasteiger partial charge in [0.15, 0.2) is 5.84 Å². The Bertz CT molecular complexity index is 2750. The van der Waals surface area contributed by atoms with Crippen molar-refractivity contribution in [3.8, 4) is 11.4 Å². The zero-order valence-corrected chi connectivity index (χ0v) is 27.3. The summed E-state index contributed by atoms with van der Waals surface area (Å²) in [5.74, 6) is 2.62. The summed E-state index contributed by atoms with van der Waals surface area (Å²) in [6.07, 6.45) is 5.40. The van der Waals surface area contributed by atoms with E-state index in [1.165, 1.54) is 38.1 Å². The van der Waals surface area contributed by atoms with Crippen LogP contribution in [-0.2, 0) is 6.54 Å². The van der Waals surface area contributed by atoms with Crippen molar-refractivity contribution in [1.82, 2.24) is 9.13 Å². The molecular weight excluding hydrogens is 613 g/mol. The van der Waals surface area contributed by atoms with Crippen molar-refractivity contribution in [2.75, 3.05) is 0 Å². The van der Waals surface area contributed by atoms with Gasteiger partial charge in [0.2, 0.25) is 0 Å². The van der Waals surface area contributed by atoms with Crippen LogP contribution in [0.15, 0.2) is 167 Å². The number of amidine groups is 1. The largest absolute Gasteiger partial charge is 0.459 e. The summed E-state index contributed by atoms with van der Waals surface area (Å²) in [6, 6.07) is 49.2. The third kappa shape index (κ3) is 4.26. The number of allylic oxidation sites excluding steroid dienone is 4. The number of hydrogen-bond acceptors (Lipinski definition) is 2. The van der Waals surface area contributed by atoms with Crippen LogP contribution in [0.5, 0.6) is 5.75 Å². The Labute approximate surface area is 289 Å². The molecule has 0 saturated heterocycles. The smallest absolute Gasteiger partial charge is 0.154 e. The van der Waals surface area contributed by atoms with Crippen LogP contribution in [0.25, 0.3) is 55.0 Å². The van der Waals surface area contributed by atoms with Gasteiger partial charge in [-0.3, -0.25) is 4.99 Å². The molecule has 1 aliphatic heterocycles. The van der Waals surface area contributed by atoms with Gasteiger partial charge >= 0.3 is 0 Å². The van der Waals surface area contributed by atoms with Gasteiger partial charge in [-0.15, -0.1) is 0 Å². The quantitative estimate of drug-likeness (QED) is 0.136. The van der Waals surface area contributed by atoms with E-state index in [9.17, 15) is 0 Å². The maximum Gasteiger partial charge on any atom is 0.154 e. The topological polar surface area (TPSA) is 43.8 Å². The van der Waals surface area contributed by atoms with Crippen molar-refractivity contribution < 1.29 is 4.74 Å². The second-order valence-electron chi connectivity index (χ2n) is 13.0. The molecule has 1 aliphatic carbocycles. The summed E-state index contributed by atoms with van der Waals surface area (Å²) in [5, 5.41) is 4.89. The van der Waals surface area contributed by atoms with E-state index in [4.69, 9.17) is 9.73 Å². The third-order valence-electron chi connectivity index (χ3n) is 10.2. The van der Waals surface area contributed by atoms with E-state index in [1.54, 1.807) is 0 Å². The fourth-order valence-corrected chi connectivity index (χ4v) is 8.10. The highest BCUT2D eigenvalue weighted by atomic mass is 16.5. The molecule has 8 aromatic rings. The number of nitrogens with zero attached hydrogens (tertiary/aromatic N) is 4. The molecule has 5 heteroatoms. The lowest BCUT2D eigenvalue weighted by Gasteiger charge is -2.20. The van der Waals surface area contributed by atoms with E-state index in [0.717, 1.165) is 51.5 Å². The molecule has 2 aliphatic rings. The Balaban J connectivity index is 1.17. The van der Waals surface area contributed by atoms with E-state index in [2.05, 4.69) is 142 Å². The second-order valence-corrected chi connectivity index (χ2v) is 13.0. The van der Waals surface area contributed by atoms with Gasteiger partial charge in [-0.05, 0) is 67.2 Å². The average Bonchev–Trinajstić information content (AvgIpc) is 3.83. The summed E-state index contributed by atoms with van der Waals surface area (Å²) >= 11 is 0. The maximum absolute atomic E-state index is 6.84. The fraction of sp³-hybridized carbons (Fsp3) is 0.0667. The zero-order chi connectivity index (χ0) is 33.2. The van der Waals surface area contributed by atoms with E-state index in [1.807, 2.05) is 30.3 Å². The zero-order valence-electron chi connectivity index (χ0n) is 27.3. The number of ether oxygens (including phenoxy) is 1. The molecule has 10 rings (SSSR count). The number of benzene rings is 6. The average molecular weight is 645 g/mol. The Hall–Kier alpha value is -6.46. The number of hydrogen-bond donors (Lipinski definition) is 0. The number of aliphatic imine (C=N–C) groups is 2. The summed E-state index contributed by atoms with van der Waals surface area (Å²) in [4.78, 5) is 9.17. The predicted molar refractivity (Wildman–Crippen MR) is 207 cm³/mol. The van der Waals surface area contributed by atoms with Crippen molar-refractivity contribution in [3.63, 3.8) is 0 Å². The Kier molecular flexibility index (Phi) is 6.46. The van der Waals surface area contributed by atoms with Crippen molar-refractivity contribution in [3.05, 3.63) is 174 Å². The molecule has 0 radical (unpaired) electrons. The van der Waals surface area contributed by atoms with Gasteiger partial charge in [0.25, 0.3) is 0 Å². The molecular formula is C45H32N4O. The lowest BCUT2D eigenvalue weighted by atomic mass is 9.88. The molecule has 0 fully saturated rings. The molecule has 0 saturated carbocycles. The summed E-state index contributed by atoms with van der Waals surface area (Å²) in [5.41, 5.74) is 10.3. The van der Waals surface area contributed by atoms with Crippen molar-refractivity contribution >= 4 is 61.9 Å². The molecule has 50 heavy (non-hydrogen) atoms. The number of rotatable bonds is 5. The molecule has 6 aromatic carbocycles. The molecule has 0 amide bonds. The first-order valence-corrected chi connectivity index (χ1v) is 17.1. The normalized spacial score (nSPS) is 15.6. The van der Waals surface area contributed by atoms with Crippen molar-refractivity contribution in [2.45, 2.75) is 18.9 Å². The summed E-state index contributed by atoms with van der Waals surface area (Å²) in [6.45, 7) is 4.30.